The molecule has 1 rings (SSSR count). The topological polar surface area (TPSA) is 63.6 Å². The summed E-state index contributed by atoms with van der Waals surface area (Å²) in [6.07, 6.45) is 0. The Labute approximate surface area is 76.9 Å². The molecule has 2 atom stereocenters. The lowest BCUT2D eigenvalue weighted by atomic mass is 10.1. The zero-order valence-electron chi connectivity index (χ0n) is 8.03. The third-order valence-corrected chi connectivity index (χ3v) is 2.78. The first-order valence-corrected chi connectivity index (χ1v) is 4.23. The molecule has 1 aliphatic carbocycles. The van der Waals surface area contributed by atoms with Gasteiger partial charge in [-0.05, 0) is 5.41 Å². The number of ether oxygens (including phenoxy) is 1. The van der Waals surface area contributed by atoms with Gasteiger partial charge in [-0.1, -0.05) is 13.8 Å². The number of rotatable bonds is 3. The van der Waals surface area contributed by atoms with Gasteiger partial charge in [0.25, 0.3) is 0 Å². The lowest BCUT2D eigenvalue weighted by Gasteiger charge is -2.01. The van der Waals surface area contributed by atoms with Crippen molar-refractivity contribution in [1.29, 1.82) is 0 Å². The highest BCUT2D eigenvalue weighted by molar-refractivity contribution is 5.75. The molecule has 0 saturated heterocycles. The molecule has 1 N–H and O–H groups in total. The minimum Gasteiger partial charge on any atom is -0.481 e. The van der Waals surface area contributed by atoms with Crippen molar-refractivity contribution in [2.24, 2.45) is 17.3 Å². The van der Waals surface area contributed by atoms with E-state index in [9.17, 15) is 9.59 Å². The summed E-state index contributed by atoms with van der Waals surface area (Å²) in [6.45, 7) is 5.30. The molecule has 1 saturated carbocycles. The van der Waals surface area contributed by atoms with E-state index in [4.69, 9.17) is 9.84 Å². The van der Waals surface area contributed by atoms with Gasteiger partial charge in [0.2, 0.25) is 0 Å². The first-order chi connectivity index (χ1) is 5.87. The number of carboxylic acids is 1. The Morgan fingerprint density at radius 3 is 2.31 bits per heavy atom. The highest BCUT2D eigenvalue weighted by atomic mass is 16.5. The number of esters is 1. The molecule has 4 heteroatoms. The number of hydrogen-bond donors (Lipinski definition) is 1. The number of carbonyl (C=O) groups excluding carboxylic acids is 1. The van der Waals surface area contributed by atoms with E-state index < -0.39 is 5.97 Å². The molecule has 13 heavy (non-hydrogen) atoms. The van der Waals surface area contributed by atoms with Crippen molar-refractivity contribution < 1.29 is 19.4 Å². The molecule has 0 spiro atoms. The van der Waals surface area contributed by atoms with Crippen molar-refractivity contribution in [2.45, 2.75) is 20.8 Å². The van der Waals surface area contributed by atoms with Crippen LogP contribution in [0.25, 0.3) is 0 Å². The average Bonchev–Trinajstić information content (AvgIpc) is 2.48. The molecular weight excluding hydrogens is 172 g/mol. The number of carbonyl (C=O) groups is 2. The number of carboxylic acid groups (broad SMARTS) is 1. The Balaban J connectivity index is 2.46. The molecule has 4 nitrogen and oxygen atoms in total. The first-order valence-electron chi connectivity index (χ1n) is 4.23. The van der Waals surface area contributed by atoms with Gasteiger partial charge in [0.05, 0.1) is 12.5 Å². The van der Waals surface area contributed by atoms with Crippen molar-refractivity contribution in [2.75, 3.05) is 6.61 Å². The van der Waals surface area contributed by atoms with Crippen LogP contribution >= 0.6 is 0 Å². The summed E-state index contributed by atoms with van der Waals surface area (Å²) in [7, 11) is 0. The van der Waals surface area contributed by atoms with Gasteiger partial charge in [-0.3, -0.25) is 9.59 Å². The van der Waals surface area contributed by atoms with E-state index in [1.807, 2.05) is 13.8 Å². The zero-order chi connectivity index (χ0) is 10.2. The van der Waals surface area contributed by atoms with Crippen molar-refractivity contribution in [3.05, 3.63) is 0 Å². The lowest BCUT2D eigenvalue weighted by Crippen LogP contribution is -2.06. The molecule has 74 valence electrons. The second kappa shape index (κ2) is 3.01. The molecule has 0 aromatic rings. The summed E-state index contributed by atoms with van der Waals surface area (Å²) in [5.74, 6) is -1.56. The molecule has 0 amide bonds. The van der Waals surface area contributed by atoms with Crippen LogP contribution in [0.2, 0.25) is 0 Å². The zero-order valence-corrected chi connectivity index (χ0v) is 8.03. The largest absolute Gasteiger partial charge is 0.481 e. The van der Waals surface area contributed by atoms with E-state index in [1.54, 1.807) is 0 Å². The third-order valence-electron chi connectivity index (χ3n) is 2.78. The second-order valence-electron chi connectivity index (χ2n) is 4.05. The first kappa shape index (κ1) is 10.0. The summed E-state index contributed by atoms with van der Waals surface area (Å²) in [5, 5.41) is 8.78. The second-order valence-corrected chi connectivity index (χ2v) is 4.05. The van der Waals surface area contributed by atoms with E-state index in [2.05, 4.69) is 0 Å². The Morgan fingerprint density at radius 1 is 1.46 bits per heavy atom. The van der Waals surface area contributed by atoms with Crippen LogP contribution in [-0.4, -0.2) is 23.7 Å². The van der Waals surface area contributed by atoms with Crippen LogP contribution in [0, 0.1) is 17.3 Å². The van der Waals surface area contributed by atoms with E-state index in [1.165, 1.54) is 6.92 Å². The van der Waals surface area contributed by atoms with Crippen LogP contribution in [-0.2, 0) is 14.3 Å². The Hall–Kier alpha value is -1.06. The fourth-order valence-corrected chi connectivity index (χ4v) is 1.75. The maximum atomic E-state index is 10.7. The maximum Gasteiger partial charge on any atom is 0.307 e. The van der Waals surface area contributed by atoms with E-state index in [0.29, 0.717) is 0 Å². The highest BCUT2D eigenvalue weighted by Crippen LogP contribution is 2.58. The van der Waals surface area contributed by atoms with Crippen molar-refractivity contribution in [3.63, 3.8) is 0 Å². The van der Waals surface area contributed by atoms with Gasteiger partial charge >= 0.3 is 11.9 Å². The molecule has 0 heterocycles. The quantitative estimate of drug-likeness (QED) is 0.665. The van der Waals surface area contributed by atoms with Gasteiger partial charge in [-0.25, -0.2) is 0 Å². The smallest absolute Gasteiger partial charge is 0.307 e. The average molecular weight is 186 g/mol. The molecule has 0 unspecified atom stereocenters. The van der Waals surface area contributed by atoms with E-state index in [0.717, 1.165) is 0 Å². The Bertz CT molecular complexity index is 244. The molecule has 0 aliphatic heterocycles. The van der Waals surface area contributed by atoms with E-state index in [-0.39, 0.29) is 29.8 Å². The predicted molar refractivity (Wildman–Crippen MR) is 45.0 cm³/mol. The molecule has 1 fully saturated rings. The van der Waals surface area contributed by atoms with E-state index >= 15 is 0 Å². The summed E-state index contributed by atoms with van der Waals surface area (Å²) in [4.78, 5) is 21.2. The van der Waals surface area contributed by atoms with Crippen molar-refractivity contribution in [1.82, 2.24) is 0 Å². The van der Waals surface area contributed by atoms with Gasteiger partial charge in [-0.2, -0.15) is 0 Å². The standard InChI is InChI=1S/C9H14O4/c1-5(10)13-4-6-7(8(11)12)9(6,2)3/h6-7H,4H2,1-3H3,(H,11,12)/t6-,7-/m0/s1. The number of hydrogen-bond acceptors (Lipinski definition) is 3. The highest BCUT2D eigenvalue weighted by Gasteiger charge is 2.62. The fraction of sp³-hybridized carbons (Fsp3) is 0.778. The van der Waals surface area contributed by atoms with Gasteiger partial charge in [0, 0.05) is 12.8 Å². The predicted octanol–water partition coefficient (Wildman–Crippen LogP) is 0.906. The number of aliphatic carboxylic acids is 1. The summed E-state index contributed by atoms with van der Waals surface area (Å²) in [6, 6.07) is 0. The summed E-state index contributed by atoms with van der Waals surface area (Å²) < 4.78 is 4.78. The lowest BCUT2D eigenvalue weighted by molar-refractivity contribution is -0.143. The fourth-order valence-electron chi connectivity index (χ4n) is 1.75. The minimum absolute atomic E-state index is 0.0334. The SMILES string of the molecule is CC(=O)OC[C@H]1[C@@H](C(=O)O)C1(C)C. The molecule has 0 aromatic heterocycles. The van der Waals surface area contributed by atoms with Gasteiger partial charge in [0.1, 0.15) is 0 Å². The maximum absolute atomic E-state index is 10.7. The third kappa shape index (κ3) is 1.82. The van der Waals surface area contributed by atoms with Crippen LogP contribution in [0.15, 0.2) is 0 Å². The molecule has 0 bridgehead atoms. The minimum atomic E-state index is -0.804. The normalized spacial score (nSPS) is 29.5. The monoisotopic (exact) mass is 186 g/mol. The van der Waals surface area contributed by atoms with Crippen molar-refractivity contribution >= 4 is 11.9 Å². The van der Waals surface area contributed by atoms with Crippen LogP contribution in [0.3, 0.4) is 0 Å². The van der Waals surface area contributed by atoms with Gasteiger partial charge < -0.3 is 9.84 Å². The molecule has 0 radical (unpaired) electrons. The van der Waals surface area contributed by atoms with Crippen LogP contribution in [0.4, 0.5) is 0 Å². The molecule has 0 aromatic carbocycles. The molecule has 1 aliphatic rings. The Kier molecular flexibility index (Phi) is 2.32. The van der Waals surface area contributed by atoms with Crippen molar-refractivity contribution in [3.8, 4) is 0 Å². The van der Waals surface area contributed by atoms with Gasteiger partial charge in [-0.15, -0.1) is 0 Å². The Morgan fingerprint density at radius 2 is 2.00 bits per heavy atom. The molecular formula is C9H14O4. The summed E-state index contributed by atoms with van der Waals surface area (Å²) >= 11 is 0. The van der Waals surface area contributed by atoms with Crippen LogP contribution in [0.1, 0.15) is 20.8 Å². The van der Waals surface area contributed by atoms with Crippen LogP contribution in [0.5, 0.6) is 0 Å². The van der Waals surface area contributed by atoms with Gasteiger partial charge in [0.15, 0.2) is 0 Å². The summed E-state index contributed by atoms with van der Waals surface area (Å²) in [5.41, 5.74) is -0.235. The van der Waals surface area contributed by atoms with Crippen LogP contribution < -0.4 is 0 Å².